The fourth-order valence-electron chi connectivity index (χ4n) is 4.47. The van der Waals surface area contributed by atoms with Crippen LogP contribution in [0.2, 0.25) is 5.02 Å². The van der Waals surface area contributed by atoms with E-state index in [1.54, 1.807) is 10.7 Å². The lowest BCUT2D eigenvalue weighted by Crippen LogP contribution is -2.37. The second-order valence-corrected chi connectivity index (χ2v) is 9.92. The number of fused-ring (bicyclic) bond motifs is 1. The van der Waals surface area contributed by atoms with Gasteiger partial charge in [-0.25, -0.2) is 4.98 Å². The Hall–Kier alpha value is -2.35. The molecule has 2 aromatic carbocycles. The Bertz CT molecular complexity index is 1260. The van der Waals surface area contributed by atoms with E-state index in [-0.39, 0.29) is 0 Å². The van der Waals surface area contributed by atoms with Crippen LogP contribution in [-0.4, -0.2) is 47.0 Å². The lowest BCUT2D eigenvalue weighted by atomic mass is 9.97. The predicted octanol–water partition coefficient (Wildman–Crippen LogP) is 4.93. The molecule has 1 saturated heterocycles. The van der Waals surface area contributed by atoms with Gasteiger partial charge in [-0.3, -0.25) is 4.90 Å². The Balaban J connectivity index is 1.32. The number of nitrogens with one attached hydrogen (secondary N) is 1. The minimum atomic E-state index is 0.547. The molecule has 1 fully saturated rings. The van der Waals surface area contributed by atoms with E-state index < -0.39 is 0 Å². The Labute approximate surface area is 208 Å². The average Bonchev–Trinajstić information content (AvgIpc) is 3.20. The van der Waals surface area contributed by atoms with Crippen LogP contribution in [0, 0.1) is 5.92 Å². The molecule has 33 heavy (non-hydrogen) atoms. The third-order valence-corrected chi connectivity index (χ3v) is 7.00. The van der Waals surface area contributed by atoms with Crippen molar-refractivity contribution in [3.63, 3.8) is 0 Å². The molecule has 5 rings (SSSR count). The molecule has 2 radical (unpaired) electrons. The SMILES string of the molecule is [B]c1cnn2c(NCC3CCCN(Cc4ccc(Br)cc4)C3)cc(-c3ccccc3Cl)nc12. The van der Waals surface area contributed by atoms with E-state index in [4.69, 9.17) is 24.4 Å². The van der Waals surface area contributed by atoms with Gasteiger partial charge >= 0.3 is 0 Å². The maximum absolute atomic E-state index is 6.44. The summed E-state index contributed by atoms with van der Waals surface area (Å²) >= 11 is 9.96. The average molecular weight is 521 g/mol. The molecule has 1 aliphatic heterocycles. The number of hydrogen-bond acceptors (Lipinski definition) is 4. The molecule has 1 unspecified atom stereocenters. The highest BCUT2D eigenvalue weighted by Crippen LogP contribution is 2.28. The molecule has 166 valence electrons. The van der Waals surface area contributed by atoms with E-state index in [2.05, 4.69) is 55.5 Å². The normalized spacial score (nSPS) is 16.8. The van der Waals surface area contributed by atoms with E-state index in [1.165, 1.54) is 18.4 Å². The van der Waals surface area contributed by atoms with Crippen LogP contribution in [0.3, 0.4) is 0 Å². The van der Waals surface area contributed by atoms with Crippen LogP contribution in [0.4, 0.5) is 5.82 Å². The summed E-state index contributed by atoms with van der Waals surface area (Å²) in [6, 6.07) is 18.3. The van der Waals surface area contributed by atoms with Gasteiger partial charge in [-0.2, -0.15) is 9.61 Å². The maximum Gasteiger partial charge on any atom is 0.150 e. The molecule has 1 N–H and O–H groups in total. The van der Waals surface area contributed by atoms with E-state index in [0.717, 1.165) is 47.7 Å². The summed E-state index contributed by atoms with van der Waals surface area (Å²) in [5, 5.41) is 8.72. The maximum atomic E-state index is 6.44. The molecule has 0 saturated carbocycles. The summed E-state index contributed by atoms with van der Waals surface area (Å²) in [6.45, 7) is 4.04. The highest BCUT2D eigenvalue weighted by atomic mass is 79.9. The van der Waals surface area contributed by atoms with Gasteiger partial charge in [-0.05, 0) is 54.5 Å². The number of benzene rings is 2. The van der Waals surface area contributed by atoms with Crippen molar-refractivity contribution in [2.45, 2.75) is 19.4 Å². The quantitative estimate of drug-likeness (QED) is 0.366. The zero-order valence-electron chi connectivity index (χ0n) is 18.2. The largest absolute Gasteiger partial charge is 0.370 e. The second kappa shape index (κ2) is 9.88. The van der Waals surface area contributed by atoms with Crippen LogP contribution in [0.25, 0.3) is 16.9 Å². The predicted molar refractivity (Wildman–Crippen MR) is 139 cm³/mol. The molecule has 8 heteroatoms. The first kappa shape index (κ1) is 22.4. The fraction of sp³-hybridized carbons (Fsp3) is 0.280. The lowest BCUT2D eigenvalue weighted by Gasteiger charge is -2.33. The van der Waals surface area contributed by atoms with Crippen molar-refractivity contribution in [1.82, 2.24) is 19.5 Å². The smallest absolute Gasteiger partial charge is 0.150 e. The van der Waals surface area contributed by atoms with Gasteiger partial charge in [0.05, 0.1) is 5.69 Å². The molecule has 0 spiro atoms. The first-order valence-corrected chi connectivity index (χ1v) is 12.3. The van der Waals surface area contributed by atoms with E-state index in [0.29, 0.717) is 22.1 Å². The zero-order chi connectivity index (χ0) is 22.8. The van der Waals surface area contributed by atoms with Gasteiger partial charge in [-0.1, -0.05) is 57.9 Å². The van der Waals surface area contributed by atoms with E-state index >= 15 is 0 Å². The van der Waals surface area contributed by atoms with Gasteiger partial charge in [0.1, 0.15) is 13.7 Å². The van der Waals surface area contributed by atoms with Crippen molar-refractivity contribution >= 4 is 52.3 Å². The zero-order valence-corrected chi connectivity index (χ0v) is 20.6. The number of nitrogens with zero attached hydrogens (tertiary/aromatic N) is 4. The van der Waals surface area contributed by atoms with Gasteiger partial charge in [-0.15, -0.1) is 0 Å². The highest BCUT2D eigenvalue weighted by Gasteiger charge is 2.21. The van der Waals surface area contributed by atoms with Gasteiger partial charge < -0.3 is 5.32 Å². The molecule has 3 heterocycles. The summed E-state index contributed by atoms with van der Waals surface area (Å²) in [4.78, 5) is 7.27. The number of rotatable bonds is 6. The van der Waals surface area contributed by atoms with Crippen LogP contribution in [-0.2, 0) is 6.54 Å². The molecular formula is C25H24BBrClN5. The molecule has 0 bridgehead atoms. The third kappa shape index (κ3) is 5.10. The minimum absolute atomic E-state index is 0.547. The summed E-state index contributed by atoms with van der Waals surface area (Å²) < 4.78 is 2.89. The number of likely N-dealkylation sites (tertiary alicyclic amines) is 1. The van der Waals surface area contributed by atoms with Crippen LogP contribution >= 0.6 is 27.5 Å². The minimum Gasteiger partial charge on any atom is -0.370 e. The van der Waals surface area contributed by atoms with Gasteiger partial charge in [0, 0.05) is 47.0 Å². The standard InChI is InChI=1S/C25H24BBrClN5/c26-21-14-30-33-24(12-23(31-25(21)33)20-5-1-2-6-22(20)28)29-13-18-4-3-11-32(16-18)15-17-7-9-19(27)10-8-17/h1-2,5-10,12,14,18,29H,3-4,11,13,15-16H2. The molecule has 1 atom stereocenters. The van der Waals surface area contributed by atoms with E-state index in [1.807, 2.05) is 30.3 Å². The highest BCUT2D eigenvalue weighted by molar-refractivity contribution is 9.10. The second-order valence-electron chi connectivity index (χ2n) is 8.59. The van der Waals surface area contributed by atoms with Crippen molar-refractivity contribution in [3.05, 3.63) is 75.9 Å². The first-order chi connectivity index (χ1) is 16.1. The van der Waals surface area contributed by atoms with Crippen molar-refractivity contribution in [2.75, 3.05) is 25.0 Å². The monoisotopic (exact) mass is 519 g/mol. The number of anilines is 1. The fourth-order valence-corrected chi connectivity index (χ4v) is 4.97. The third-order valence-electron chi connectivity index (χ3n) is 6.14. The molecule has 1 aliphatic rings. The molecule has 4 aromatic rings. The summed E-state index contributed by atoms with van der Waals surface area (Å²) in [5.41, 5.74) is 4.19. The molecule has 0 amide bonds. The topological polar surface area (TPSA) is 45.5 Å². The molecular weight excluding hydrogens is 496 g/mol. The van der Waals surface area contributed by atoms with Gasteiger partial charge in [0.2, 0.25) is 0 Å². The Morgan fingerprint density at radius 3 is 2.79 bits per heavy atom. The Morgan fingerprint density at radius 1 is 1.15 bits per heavy atom. The van der Waals surface area contributed by atoms with Crippen LogP contribution in [0.1, 0.15) is 18.4 Å². The summed E-state index contributed by atoms with van der Waals surface area (Å²) in [6.07, 6.45) is 4.05. The van der Waals surface area contributed by atoms with Crippen LogP contribution < -0.4 is 10.8 Å². The van der Waals surface area contributed by atoms with Crippen molar-refractivity contribution < 1.29 is 0 Å². The van der Waals surface area contributed by atoms with Crippen molar-refractivity contribution in [3.8, 4) is 11.3 Å². The van der Waals surface area contributed by atoms with Gasteiger partial charge in [0.15, 0.2) is 5.65 Å². The first-order valence-electron chi connectivity index (χ1n) is 11.2. The number of piperidine rings is 1. The van der Waals surface area contributed by atoms with Crippen molar-refractivity contribution in [2.24, 2.45) is 5.92 Å². The van der Waals surface area contributed by atoms with Crippen LogP contribution in [0.5, 0.6) is 0 Å². The lowest BCUT2D eigenvalue weighted by molar-refractivity contribution is 0.173. The Morgan fingerprint density at radius 2 is 1.97 bits per heavy atom. The molecule has 0 aliphatic carbocycles. The van der Waals surface area contributed by atoms with Crippen LogP contribution in [0.15, 0.2) is 65.3 Å². The molecule has 2 aromatic heterocycles. The number of halogens is 2. The Kier molecular flexibility index (Phi) is 6.72. The summed E-state index contributed by atoms with van der Waals surface area (Å²) in [7, 11) is 6.15. The van der Waals surface area contributed by atoms with E-state index in [9.17, 15) is 0 Å². The van der Waals surface area contributed by atoms with Crippen molar-refractivity contribution in [1.29, 1.82) is 0 Å². The number of hydrogen-bond donors (Lipinski definition) is 1. The van der Waals surface area contributed by atoms with Gasteiger partial charge in [0.25, 0.3) is 0 Å². The summed E-state index contributed by atoms with van der Waals surface area (Å²) in [5.74, 6) is 1.42. The molecule has 5 nitrogen and oxygen atoms in total. The number of aromatic nitrogens is 3.